The minimum absolute atomic E-state index is 0.0978. The van der Waals surface area contributed by atoms with Crippen molar-refractivity contribution in [3.8, 4) is 5.88 Å². The summed E-state index contributed by atoms with van der Waals surface area (Å²) in [4.78, 5) is 6.78. The third-order valence-electron chi connectivity index (χ3n) is 2.19. The highest BCUT2D eigenvalue weighted by Crippen LogP contribution is 2.28. The molecule has 114 valence electrons. The molecule has 0 atom stereocenters. The molecular weight excluding hydrogens is 275 g/mol. The highest BCUT2D eigenvalue weighted by atomic mass is 19.4. The van der Waals surface area contributed by atoms with Gasteiger partial charge in [0.05, 0.1) is 6.61 Å². The molecule has 0 aromatic carbocycles. The molecule has 0 unspecified atom stereocenters. The largest absolute Gasteiger partial charge is 0.475 e. The fraction of sp³-hybridized carbons (Fsp3) is 0.667. The van der Waals surface area contributed by atoms with Crippen LogP contribution in [0.25, 0.3) is 0 Å². The maximum atomic E-state index is 12.7. The molecule has 1 heterocycles. The topological polar surface area (TPSA) is 56.3 Å². The second-order valence-corrected chi connectivity index (χ2v) is 3.88. The van der Waals surface area contributed by atoms with E-state index in [1.165, 1.54) is 6.07 Å². The van der Waals surface area contributed by atoms with Crippen LogP contribution in [-0.2, 0) is 10.9 Å². The molecule has 0 fully saturated rings. The second-order valence-electron chi connectivity index (χ2n) is 3.88. The maximum absolute atomic E-state index is 12.7. The molecule has 20 heavy (non-hydrogen) atoms. The van der Waals surface area contributed by atoms with Crippen molar-refractivity contribution in [2.75, 3.05) is 31.7 Å². The fourth-order valence-corrected chi connectivity index (χ4v) is 1.32. The number of hydrogen-bond acceptors (Lipinski definition) is 5. The summed E-state index contributed by atoms with van der Waals surface area (Å²) in [5, 5.41) is 2.79. The summed E-state index contributed by atoms with van der Waals surface area (Å²) in [5.41, 5.74) is 0. The van der Waals surface area contributed by atoms with Gasteiger partial charge in [-0.1, -0.05) is 6.92 Å². The van der Waals surface area contributed by atoms with Crippen molar-refractivity contribution in [2.24, 2.45) is 0 Å². The van der Waals surface area contributed by atoms with E-state index in [0.717, 1.165) is 6.42 Å². The van der Waals surface area contributed by atoms with E-state index in [1.54, 1.807) is 0 Å². The molecule has 0 radical (unpaired) electrons. The van der Waals surface area contributed by atoms with Gasteiger partial charge in [-0.3, -0.25) is 0 Å². The number of alkyl halides is 3. The Balaban J connectivity index is 2.80. The van der Waals surface area contributed by atoms with Gasteiger partial charge in [0.1, 0.15) is 12.4 Å². The minimum Gasteiger partial charge on any atom is -0.475 e. The van der Waals surface area contributed by atoms with E-state index in [0.29, 0.717) is 19.8 Å². The lowest BCUT2D eigenvalue weighted by Gasteiger charge is -2.12. The average Bonchev–Trinajstić information content (AvgIpc) is 2.40. The summed E-state index contributed by atoms with van der Waals surface area (Å²) in [6.45, 7) is 5.18. The normalized spacial score (nSPS) is 11.4. The van der Waals surface area contributed by atoms with Gasteiger partial charge in [0.15, 0.2) is 0 Å². The van der Waals surface area contributed by atoms with Crippen molar-refractivity contribution in [1.82, 2.24) is 9.97 Å². The molecule has 0 aliphatic rings. The first-order valence-corrected chi connectivity index (χ1v) is 6.38. The summed E-state index contributed by atoms with van der Waals surface area (Å²) in [7, 11) is 0. The molecule has 0 spiro atoms. The third kappa shape index (κ3) is 5.60. The van der Waals surface area contributed by atoms with Gasteiger partial charge < -0.3 is 14.8 Å². The Labute approximate surface area is 115 Å². The zero-order chi connectivity index (χ0) is 15.0. The standard InChI is InChI=1S/C12H18F3N3O2/c1-3-5-16-9-8-10(20-7-6-19-4-2)18-11(17-9)12(13,14)15/h8H,3-7H2,1-2H3,(H,16,17,18). The Bertz CT molecular complexity index is 413. The van der Waals surface area contributed by atoms with E-state index in [2.05, 4.69) is 15.3 Å². The number of halogens is 3. The van der Waals surface area contributed by atoms with Crippen molar-refractivity contribution in [3.05, 3.63) is 11.9 Å². The molecule has 1 rings (SSSR count). The monoisotopic (exact) mass is 293 g/mol. The summed E-state index contributed by atoms with van der Waals surface area (Å²) in [6, 6.07) is 1.34. The van der Waals surface area contributed by atoms with E-state index in [9.17, 15) is 13.2 Å². The van der Waals surface area contributed by atoms with Gasteiger partial charge in [0, 0.05) is 19.2 Å². The van der Waals surface area contributed by atoms with Gasteiger partial charge in [-0.15, -0.1) is 0 Å². The molecule has 0 aliphatic heterocycles. The van der Waals surface area contributed by atoms with E-state index in [1.807, 2.05) is 13.8 Å². The van der Waals surface area contributed by atoms with E-state index < -0.39 is 12.0 Å². The summed E-state index contributed by atoms with van der Waals surface area (Å²) >= 11 is 0. The van der Waals surface area contributed by atoms with Crippen LogP contribution < -0.4 is 10.1 Å². The van der Waals surface area contributed by atoms with E-state index in [4.69, 9.17) is 9.47 Å². The Morgan fingerprint density at radius 3 is 2.55 bits per heavy atom. The van der Waals surface area contributed by atoms with Crippen LogP contribution in [0.5, 0.6) is 5.88 Å². The third-order valence-corrected chi connectivity index (χ3v) is 2.19. The molecule has 8 heteroatoms. The van der Waals surface area contributed by atoms with Gasteiger partial charge in [0.2, 0.25) is 11.7 Å². The highest BCUT2D eigenvalue weighted by Gasteiger charge is 2.35. The molecule has 5 nitrogen and oxygen atoms in total. The number of ether oxygens (including phenoxy) is 2. The molecule has 0 bridgehead atoms. The predicted molar refractivity (Wildman–Crippen MR) is 67.8 cm³/mol. The van der Waals surface area contributed by atoms with Crippen LogP contribution in [0.15, 0.2) is 6.07 Å². The molecule has 0 aliphatic carbocycles. The first-order valence-electron chi connectivity index (χ1n) is 6.38. The van der Waals surface area contributed by atoms with Crippen LogP contribution in [-0.4, -0.2) is 36.3 Å². The second kappa shape index (κ2) is 7.88. The predicted octanol–water partition coefficient (Wildman–Crippen LogP) is 2.73. The van der Waals surface area contributed by atoms with Crippen LogP contribution >= 0.6 is 0 Å². The first-order chi connectivity index (χ1) is 9.47. The van der Waals surface area contributed by atoms with Crippen LogP contribution in [0.1, 0.15) is 26.1 Å². The molecule has 1 N–H and O–H groups in total. The fourth-order valence-electron chi connectivity index (χ4n) is 1.32. The van der Waals surface area contributed by atoms with Gasteiger partial charge in [-0.2, -0.15) is 18.2 Å². The summed E-state index contributed by atoms with van der Waals surface area (Å²) in [6.07, 6.45) is -3.84. The zero-order valence-corrected chi connectivity index (χ0v) is 11.5. The average molecular weight is 293 g/mol. The summed E-state index contributed by atoms with van der Waals surface area (Å²) in [5.74, 6) is -1.24. The zero-order valence-electron chi connectivity index (χ0n) is 11.5. The van der Waals surface area contributed by atoms with Crippen molar-refractivity contribution >= 4 is 5.82 Å². The molecule has 1 aromatic heterocycles. The van der Waals surface area contributed by atoms with E-state index in [-0.39, 0.29) is 18.3 Å². The van der Waals surface area contributed by atoms with Crippen molar-refractivity contribution < 1.29 is 22.6 Å². The number of anilines is 1. The lowest BCUT2D eigenvalue weighted by atomic mass is 10.4. The molecule has 1 aromatic rings. The van der Waals surface area contributed by atoms with Crippen LogP contribution in [0.3, 0.4) is 0 Å². The molecular formula is C12H18F3N3O2. The summed E-state index contributed by atoms with van der Waals surface area (Å²) < 4.78 is 48.2. The first kappa shape index (κ1) is 16.5. The van der Waals surface area contributed by atoms with Crippen LogP contribution in [0, 0.1) is 0 Å². The number of hydrogen-bond donors (Lipinski definition) is 1. The number of nitrogens with zero attached hydrogens (tertiary/aromatic N) is 2. The molecule has 0 saturated carbocycles. The van der Waals surface area contributed by atoms with Crippen molar-refractivity contribution in [2.45, 2.75) is 26.4 Å². The van der Waals surface area contributed by atoms with Crippen LogP contribution in [0.2, 0.25) is 0 Å². The van der Waals surface area contributed by atoms with Crippen LogP contribution in [0.4, 0.5) is 19.0 Å². The Morgan fingerprint density at radius 1 is 1.20 bits per heavy atom. The van der Waals surface area contributed by atoms with Crippen molar-refractivity contribution in [3.63, 3.8) is 0 Å². The van der Waals surface area contributed by atoms with Gasteiger partial charge in [0.25, 0.3) is 0 Å². The lowest BCUT2D eigenvalue weighted by molar-refractivity contribution is -0.145. The van der Waals surface area contributed by atoms with Gasteiger partial charge in [-0.25, -0.2) is 4.98 Å². The Kier molecular flexibility index (Phi) is 6.50. The van der Waals surface area contributed by atoms with E-state index >= 15 is 0 Å². The Hall–Kier alpha value is -1.57. The smallest absolute Gasteiger partial charge is 0.451 e. The van der Waals surface area contributed by atoms with Gasteiger partial charge >= 0.3 is 6.18 Å². The van der Waals surface area contributed by atoms with Gasteiger partial charge in [-0.05, 0) is 13.3 Å². The lowest BCUT2D eigenvalue weighted by Crippen LogP contribution is -2.15. The number of aromatic nitrogens is 2. The minimum atomic E-state index is -4.61. The van der Waals surface area contributed by atoms with Crippen molar-refractivity contribution in [1.29, 1.82) is 0 Å². The molecule has 0 saturated heterocycles. The SMILES string of the molecule is CCCNc1cc(OCCOCC)nc(C(F)(F)F)n1. The molecule has 0 amide bonds. The highest BCUT2D eigenvalue weighted by molar-refractivity contribution is 5.38. The number of rotatable bonds is 8. The Morgan fingerprint density at radius 2 is 1.95 bits per heavy atom. The maximum Gasteiger partial charge on any atom is 0.451 e. The number of nitrogens with one attached hydrogen (secondary N) is 1. The quantitative estimate of drug-likeness (QED) is 0.747.